The van der Waals surface area contributed by atoms with E-state index in [0.717, 1.165) is 30.3 Å². The van der Waals surface area contributed by atoms with Crippen LogP contribution in [0.5, 0.6) is 0 Å². The van der Waals surface area contributed by atoms with Crippen LogP contribution < -0.4 is 0 Å². The first-order valence-electron chi connectivity index (χ1n) is 6.53. The van der Waals surface area contributed by atoms with E-state index in [-0.39, 0.29) is 11.3 Å². The molecule has 23 heavy (non-hydrogen) atoms. The number of rotatable bonds is 2. The molecule has 0 spiro atoms. The molecule has 1 atom stereocenters. The molecule has 0 amide bonds. The van der Waals surface area contributed by atoms with Crippen LogP contribution in [-0.2, 0) is 17.1 Å². The van der Waals surface area contributed by atoms with E-state index in [1.807, 2.05) is 0 Å². The van der Waals surface area contributed by atoms with E-state index in [2.05, 4.69) is 4.98 Å². The fraction of sp³-hybridized carbons (Fsp3) is 0.267. The molecule has 2 nitrogen and oxygen atoms in total. The monoisotopic (exact) mass is 333 g/mol. The van der Waals surface area contributed by atoms with E-state index in [1.54, 1.807) is 0 Å². The lowest BCUT2D eigenvalue weighted by Crippen LogP contribution is -2.09. The van der Waals surface area contributed by atoms with Gasteiger partial charge < -0.3 is 4.74 Å². The second kappa shape index (κ2) is 5.23. The minimum atomic E-state index is -4.65. The number of hydrogen-bond acceptors (Lipinski definition) is 2. The molecule has 1 aliphatic rings. The lowest BCUT2D eigenvalue weighted by molar-refractivity contribution is -0.141. The van der Waals surface area contributed by atoms with Crippen LogP contribution in [-0.4, -0.2) is 11.6 Å². The molecule has 8 heteroatoms. The highest BCUT2D eigenvalue weighted by Gasteiger charge is 2.36. The summed E-state index contributed by atoms with van der Waals surface area (Å²) in [4.78, 5) is 3.52. The Morgan fingerprint density at radius 2 is 1.52 bits per heavy atom. The highest BCUT2D eigenvalue weighted by Crippen LogP contribution is 2.37. The van der Waals surface area contributed by atoms with Crippen molar-refractivity contribution in [1.82, 2.24) is 4.98 Å². The van der Waals surface area contributed by atoms with Gasteiger partial charge in [-0.25, -0.2) is 4.98 Å². The number of pyridine rings is 1. The lowest BCUT2D eigenvalue weighted by atomic mass is 10.0. The first-order valence-corrected chi connectivity index (χ1v) is 6.53. The maximum Gasteiger partial charge on any atom is 0.433 e. The maximum absolute atomic E-state index is 12.9. The molecule has 0 saturated carbocycles. The molecule has 0 aliphatic carbocycles. The molecule has 1 aromatic heterocycles. The number of benzene rings is 1. The number of nitrogens with zero attached hydrogens (tertiary/aromatic N) is 1. The molecule has 1 aliphatic heterocycles. The normalized spacial score (nSPS) is 18.1. The lowest BCUT2D eigenvalue weighted by Gasteiger charge is -2.11. The summed E-state index contributed by atoms with van der Waals surface area (Å²) in [5, 5.41) is 0. The molecule has 122 valence electrons. The number of epoxide rings is 1. The van der Waals surface area contributed by atoms with Crippen molar-refractivity contribution in [3.63, 3.8) is 0 Å². The topological polar surface area (TPSA) is 25.4 Å². The third kappa shape index (κ3) is 3.47. The Morgan fingerprint density at radius 1 is 0.913 bits per heavy atom. The highest BCUT2D eigenvalue weighted by atomic mass is 19.4. The average Bonchev–Trinajstić information content (AvgIpc) is 3.30. The van der Waals surface area contributed by atoms with Gasteiger partial charge in [0.05, 0.1) is 17.9 Å². The zero-order valence-corrected chi connectivity index (χ0v) is 11.4. The van der Waals surface area contributed by atoms with E-state index in [9.17, 15) is 26.3 Å². The Bertz CT molecular complexity index is 716. The molecular formula is C15H9F6NO. The van der Waals surface area contributed by atoms with Crippen LogP contribution in [0.25, 0.3) is 11.3 Å². The fourth-order valence-corrected chi connectivity index (χ4v) is 2.10. The van der Waals surface area contributed by atoms with Gasteiger partial charge in [0, 0.05) is 5.56 Å². The Hall–Kier alpha value is -2.09. The van der Waals surface area contributed by atoms with Crippen molar-refractivity contribution in [3.8, 4) is 11.3 Å². The van der Waals surface area contributed by atoms with Crippen molar-refractivity contribution in [1.29, 1.82) is 0 Å². The number of hydrogen-bond donors (Lipinski definition) is 0. The summed E-state index contributed by atoms with van der Waals surface area (Å²) < 4.78 is 81.3. The van der Waals surface area contributed by atoms with E-state index in [0.29, 0.717) is 12.2 Å². The van der Waals surface area contributed by atoms with Crippen molar-refractivity contribution in [3.05, 3.63) is 53.2 Å². The summed E-state index contributed by atoms with van der Waals surface area (Å²) in [5.74, 6) is 0. The van der Waals surface area contributed by atoms with Crippen molar-refractivity contribution in [2.45, 2.75) is 18.5 Å². The van der Waals surface area contributed by atoms with Gasteiger partial charge in [-0.3, -0.25) is 0 Å². The van der Waals surface area contributed by atoms with Crippen molar-refractivity contribution in [2.24, 2.45) is 0 Å². The fourth-order valence-electron chi connectivity index (χ4n) is 2.10. The molecule has 0 bridgehead atoms. The van der Waals surface area contributed by atoms with Gasteiger partial charge in [0.1, 0.15) is 11.8 Å². The van der Waals surface area contributed by atoms with Gasteiger partial charge in [-0.15, -0.1) is 0 Å². The maximum atomic E-state index is 12.9. The number of aromatic nitrogens is 1. The predicted molar refractivity (Wildman–Crippen MR) is 68.4 cm³/mol. The van der Waals surface area contributed by atoms with Gasteiger partial charge in [0.25, 0.3) is 0 Å². The van der Waals surface area contributed by atoms with E-state index < -0.39 is 29.7 Å². The second-order valence-electron chi connectivity index (χ2n) is 5.07. The Morgan fingerprint density at radius 3 is 2.00 bits per heavy atom. The predicted octanol–water partition coefficient (Wildman–Crippen LogP) is 4.86. The van der Waals surface area contributed by atoms with Gasteiger partial charge in [-0.2, -0.15) is 26.3 Å². The summed E-state index contributed by atoms with van der Waals surface area (Å²) in [6.45, 7) is 0.313. The van der Waals surface area contributed by atoms with E-state index >= 15 is 0 Å². The summed E-state index contributed by atoms with van der Waals surface area (Å²) in [7, 11) is 0. The molecule has 1 aromatic carbocycles. The molecule has 0 unspecified atom stereocenters. The molecule has 1 saturated heterocycles. The number of alkyl halides is 6. The van der Waals surface area contributed by atoms with Crippen LogP contribution in [0.1, 0.15) is 22.9 Å². The number of halogens is 6. The first-order chi connectivity index (χ1) is 10.6. The zero-order valence-electron chi connectivity index (χ0n) is 11.4. The first kappa shape index (κ1) is 15.8. The molecule has 3 rings (SSSR count). The van der Waals surface area contributed by atoms with Crippen LogP contribution >= 0.6 is 0 Å². The summed E-state index contributed by atoms with van der Waals surface area (Å²) in [6.07, 6.45) is -9.58. The molecule has 0 radical (unpaired) electrons. The number of ether oxygens (including phenoxy) is 1. The van der Waals surface area contributed by atoms with Crippen LogP contribution in [0.15, 0.2) is 36.4 Å². The van der Waals surface area contributed by atoms with Crippen LogP contribution in [0, 0.1) is 0 Å². The third-order valence-electron chi connectivity index (χ3n) is 3.35. The van der Waals surface area contributed by atoms with Crippen LogP contribution in [0.4, 0.5) is 26.3 Å². The molecule has 2 aromatic rings. The highest BCUT2D eigenvalue weighted by molar-refractivity contribution is 5.61. The van der Waals surface area contributed by atoms with Gasteiger partial charge >= 0.3 is 12.4 Å². The van der Waals surface area contributed by atoms with Crippen molar-refractivity contribution >= 4 is 0 Å². The van der Waals surface area contributed by atoms with Gasteiger partial charge in [-0.1, -0.05) is 12.1 Å². The Labute approximate surface area is 126 Å². The third-order valence-corrected chi connectivity index (χ3v) is 3.35. The zero-order chi connectivity index (χ0) is 16.8. The van der Waals surface area contributed by atoms with Crippen molar-refractivity contribution < 1.29 is 31.1 Å². The Kier molecular flexibility index (Phi) is 3.59. The van der Waals surface area contributed by atoms with Gasteiger partial charge in [0.15, 0.2) is 0 Å². The standard InChI is InChI=1S/C15H9F6NO/c16-14(17,18)10-3-1-8(2-4-10)11-5-9(12-7-23-12)6-13(22-11)15(19,20)21/h1-6,12H,7H2/t12-/m0/s1. The van der Waals surface area contributed by atoms with E-state index in [1.165, 1.54) is 6.07 Å². The molecule has 1 fully saturated rings. The van der Waals surface area contributed by atoms with Crippen LogP contribution in [0.2, 0.25) is 0 Å². The average molecular weight is 333 g/mol. The quantitative estimate of drug-likeness (QED) is 0.579. The van der Waals surface area contributed by atoms with Gasteiger partial charge in [-0.05, 0) is 29.8 Å². The second-order valence-corrected chi connectivity index (χ2v) is 5.07. The minimum absolute atomic E-state index is 0.0425. The minimum Gasteiger partial charge on any atom is -0.368 e. The SMILES string of the molecule is FC(F)(F)c1ccc(-c2cc([C@@H]3CO3)cc(C(F)(F)F)n2)cc1. The van der Waals surface area contributed by atoms with Gasteiger partial charge in [0.2, 0.25) is 0 Å². The molecular weight excluding hydrogens is 324 g/mol. The van der Waals surface area contributed by atoms with Crippen LogP contribution in [0.3, 0.4) is 0 Å². The molecule has 2 heterocycles. The summed E-state index contributed by atoms with van der Waals surface area (Å²) in [5.41, 5.74) is -1.54. The summed E-state index contributed by atoms with van der Waals surface area (Å²) >= 11 is 0. The molecule has 0 N–H and O–H groups in total. The largest absolute Gasteiger partial charge is 0.433 e. The summed E-state index contributed by atoms with van der Waals surface area (Å²) in [6, 6.07) is 6.11. The Balaban J connectivity index is 2.03. The van der Waals surface area contributed by atoms with E-state index in [4.69, 9.17) is 4.74 Å². The smallest absolute Gasteiger partial charge is 0.368 e. The van der Waals surface area contributed by atoms with Crippen molar-refractivity contribution in [2.75, 3.05) is 6.61 Å².